The summed E-state index contributed by atoms with van der Waals surface area (Å²) < 4.78 is 5.86. The largest absolute Gasteiger partial charge is 0.369 e. The van der Waals surface area contributed by atoms with Gasteiger partial charge in [-0.2, -0.15) is 0 Å². The predicted molar refractivity (Wildman–Crippen MR) is 65.1 cm³/mol. The number of rotatable bonds is 0. The maximum atomic E-state index is 5.86. The Labute approximate surface area is 95.7 Å². The van der Waals surface area contributed by atoms with E-state index in [1.807, 2.05) is 0 Å². The normalized spacial score (nSPS) is 18.4. The van der Waals surface area contributed by atoms with Crippen LogP contribution in [0, 0.1) is 0 Å². The van der Waals surface area contributed by atoms with Gasteiger partial charge in [0.2, 0.25) is 0 Å². The van der Waals surface area contributed by atoms with Gasteiger partial charge in [-0.1, -0.05) is 48.5 Å². The van der Waals surface area contributed by atoms with Crippen molar-refractivity contribution in [3.63, 3.8) is 0 Å². The first kappa shape index (κ1) is 9.61. The second-order valence-electron chi connectivity index (χ2n) is 4.20. The minimum atomic E-state index is 0.170. The topological polar surface area (TPSA) is 9.23 Å². The molecular formula is C15H14O. The van der Waals surface area contributed by atoms with Crippen molar-refractivity contribution in [3.8, 4) is 11.1 Å². The number of hydrogen-bond acceptors (Lipinski definition) is 1. The number of ether oxygens (including phenoxy) is 1. The van der Waals surface area contributed by atoms with Crippen LogP contribution < -0.4 is 0 Å². The molecule has 0 unspecified atom stereocenters. The molecule has 0 radical (unpaired) electrons. The fourth-order valence-electron chi connectivity index (χ4n) is 2.31. The third-order valence-corrected chi connectivity index (χ3v) is 3.20. The predicted octanol–water partition coefficient (Wildman–Crippen LogP) is 3.94. The van der Waals surface area contributed by atoms with E-state index in [1.165, 1.54) is 22.3 Å². The molecule has 80 valence electrons. The average molecular weight is 210 g/mol. The van der Waals surface area contributed by atoms with Gasteiger partial charge in [0.05, 0.1) is 12.7 Å². The van der Waals surface area contributed by atoms with Crippen molar-refractivity contribution in [2.75, 3.05) is 0 Å². The van der Waals surface area contributed by atoms with Crippen molar-refractivity contribution < 1.29 is 4.74 Å². The van der Waals surface area contributed by atoms with Gasteiger partial charge in [0.25, 0.3) is 0 Å². The molecule has 2 aromatic rings. The standard InChI is InChI=1S/C15H14O/c1-11-13-7-4-5-9-15(13)14-8-3-2-6-12(14)10-16-11/h2-9,11H,10H2,1H3/t11-/m1/s1. The lowest BCUT2D eigenvalue weighted by molar-refractivity contribution is 0.0551. The highest BCUT2D eigenvalue weighted by Crippen LogP contribution is 2.36. The monoisotopic (exact) mass is 210 g/mol. The smallest absolute Gasteiger partial charge is 0.0807 e. The minimum Gasteiger partial charge on any atom is -0.369 e. The summed E-state index contributed by atoms with van der Waals surface area (Å²) in [6, 6.07) is 17.0. The van der Waals surface area contributed by atoms with Gasteiger partial charge in [-0.25, -0.2) is 0 Å². The lowest BCUT2D eigenvalue weighted by Crippen LogP contribution is -1.97. The molecule has 1 aliphatic rings. The Bertz CT molecular complexity index is 516. The van der Waals surface area contributed by atoms with E-state index in [1.54, 1.807) is 0 Å². The molecule has 0 amide bonds. The van der Waals surface area contributed by atoms with Crippen LogP contribution in [0.15, 0.2) is 48.5 Å². The highest BCUT2D eigenvalue weighted by Gasteiger charge is 2.18. The van der Waals surface area contributed by atoms with E-state index in [4.69, 9.17) is 4.74 Å². The molecule has 0 spiro atoms. The van der Waals surface area contributed by atoms with Crippen molar-refractivity contribution >= 4 is 0 Å². The van der Waals surface area contributed by atoms with Crippen LogP contribution in [0.2, 0.25) is 0 Å². The molecular weight excluding hydrogens is 196 g/mol. The Kier molecular flexibility index (Phi) is 2.26. The SMILES string of the molecule is C[C@H]1OCc2ccccc2-c2ccccc21. The molecule has 0 fully saturated rings. The van der Waals surface area contributed by atoms with Crippen molar-refractivity contribution in [1.82, 2.24) is 0 Å². The van der Waals surface area contributed by atoms with E-state index in [0.29, 0.717) is 6.61 Å². The van der Waals surface area contributed by atoms with Gasteiger partial charge >= 0.3 is 0 Å². The molecule has 0 saturated carbocycles. The van der Waals surface area contributed by atoms with Crippen LogP contribution in [0.5, 0.6) is 0 Å². The van der Waals surface area contributed by atoms with E-state index in [0.717, 1.165) is 0 Å². The molecule has 2 aromatic carbocycles. The fourth-order valence-corrected chi connectivity index (χ4v) is 2.31. The second kappa shape index (κ2) is 3.76. The van der Waals surface area contributed by atoms with Crippen LogP contribution in [-0.4, -0.2) is 0 Å². The summed E-state index contributed by atoms with van der Waals surface area (Å²) in [4.78, 5) is 0. The number of hydrogen-bond donors (Lipinski definition) is 0. The fraction of sp³-hybridized carbons (Fsp3) is 0.200. The molecule has 16 heavy (non-hydrogen) atoms. The van der Waals surface area contributed by atoms with Gasteiger partial charge in [-0.15, -0.1) is 0 Å². The molecule has 1 aliphatic heterocycles. The molecule has 3 rings (SSSR count). The lowest BCUT2D eigenvalue weighted by atomic mass is 9.95. The van der Waals surface area contributed by atoms with E-state index < -0.39 is 0 Å². The first-order chi connectivity index (χ1) is 7.86. The first-order valence-corrected chi connectivity index (χ1v) is 5.65. The van der Waals surface area contributed by atoms with Gasteiger partial charge in [0.1, 0.15) is 0 Å². The zero-order valence-electron chi connectivity index (χ0n) is 9.31. The quantitative estimate of drug-likeness (QED) is 0.639. The number of benzene rings is 2. The van der Waals surface area contributed by atoms with Gasteiger partial charge in [-0.3, -0.25) is 0 Å². The summed E-state index contributed by atoms with van der Waals surface area (Å²) in [6.07, 6.45) is 0.170. The molecule has 0 N–H and O–H groups in total. The summed E-state index contributed by atoms with van der Waals surface area (Å²) in [6.45, 7) is 2.82. The maximum absolute atomic E-state index is 5.86. The van der Waals surface area contributed by atoms with E-state index >= 15 is 0 Å². The Hall–Kier alpha value is -1.60. The van der Waals surface area contributed by atoms with Gasteiger partial charge in [-0.05, 0) is 29.2 Å². The molecule has 0 bridgehead atoms. The van der Waals surface area contributed by atoms with Crippen LogP contribution >= 0.6 is 0 Å². The summed E-state index contributed by atoms with van der Waals surface area (Å²) in [5, 5.41) is 0. The average Bonchev–Trinajstić information content (AvgIpc) is 2.49. The highest BCUT2D eigenvalue weighted by atomic mass is 16.5. The van der Waals surface area contributed by atoms with E-state index in [9.17, 15) is 0 Å². The Morgan fingerprint density at radius 2 is 1.62 bits per heavy atom. The van der Waals surface area contributed by atoms with Crippen LogP contribution in [0.25, 0.3) is 11.1 Å². The first-order valence-electron chi connectivity index (χ1n) is 5.65. The molecule has 1 atom stereocenters. The highest BCUT2D eigenvalue weighted by molar-refractivity contribution is 5.71. The van der Waals surface area contributed by atoms with Crippen LogP contribution in [0.1, 0.15) is 24.2 Å². The molecule has 0 aliphatic carbocycles. The molecule has 0 saturated heterocycles. The number of fused-ring (bicyclic) bond motifs is 3. The zero-order chi connectivity index (χ0) is 11.0. The third kappa shape index (κ3) is 1.44. The van der Waals surface area contributed by atoms with Gasteiger partial charge in [0.15, 0.2) is 0 Å². The van der Waals surface area contributed by atoms with E-state index in [2.05, 4.69) is 55.5 Å². The molecule has 0 aromatic heterocycles. The van der Waals surface area contributed by atoms with Crippen molar-refractivity contribution in [1.29, 1.82) is 0 Å². The van der Waals surface area contributed by atoms with Crippen molar-refractivity contribution in [2.45, 2.75) is 19.6 Å². The Balaban J connectivity index is 2.28. The van der Waals surface area contributed by atoms with E-state index in [-0.39, 0.29) is 6.10 Å². The lowest BCUT2D eigenvalue weighted by Gasteiger charge is -2.12. The van der Waals surface area contributed by atoms with Crippen molar-refractivity contribution in [3.05, 3.63) is 59.7 Å². The summed E-state index contributed by atoms with van der Waals surface area (Å²) in [5.41, 5.74) is 5.18. The Morgan fingerprint density at radius 1 is 0.938 bits per heavy atom. The zero-order valence-corrected chi connectivity index (χ0v) is 9.31. The van der Waals surface area contributed by atoms with Crippen LogP contribution in [0.4, 0.5) is 0 Å². The van der Waals surface area contributed by atoms with Gasteiger partial charge in [0, 0.05) is 0 Å². The Morgan fingerprint density at radius 3 is 2.50 bits per heavy atom. The summed E-state index contributed by atoms with van der Waals surface area (Å²) in [5.74, 6) is 0. The molecule has 1 nitrogen and oxygen atoms in total. The maximum Gasteiger partial charge on any atom is 0.0807 e. The second-order valence-corrected chi connectivity index (χ2v) is 4.20. The molecule has 1 heterocycles. The summed E-state index contributed by atoms with van der Waals surface area (Å²) in [7, 11) is 0. The third-order valence-electron chi connectivity index (χ3n) is 3.20. The van der Waals surface area contributed by atoms with Crippen molar-refractivity contribution in [2.24, 2.45) is 0 Å². The minimum absolute atomic E-state index is 0.170. The van der Waals surface area contributed by atoms with Gasteiger partial charge < -0.3 is 4.74 Å². The van der Waals surface area contributed by atoms with Crippen LogP contribution in [-0.2, 0) is 11.3 Å². The van der Waals surface area contributed by atoms with Crippen LogP contribution in [0.3, 0.4) is 0 Å². The molecule has 1 heteroatoms. The summed E-state index contributed by atoms with van der Waals surface area (Å²) >= 11 is 0.